The van der Waals surface area contributed by atoms with Crippen LogP contribution >= 0.6 is 0 Å². The first-order valence-corrected chi connectivity index (χ1v) is 7.81. The van der Waals surface area contributed by atoms with Crippen molar-refractivity contribution >= 4 is 5.91 Å². The molecular weight excluding hydrogens is 262 g/mol. The van der Waals surface area contributed by atoms with Gasteiger partial charge in [0.25, 0.3) is 0 Å². The minimum Gasteiger partial charge on any atom is -0.354 e. The molecule has 0 aliphatic heterocycles. The van der Waals surface area contributed by atoms with E-state index in [1.165, 1.54) is 5.56 Å². The van der Waals surface area contributed by atoms with E-state index in [0.29, 0.717) is 18.9 Å². The van der Waals surface area contributed by atoms with Gasteiger partial charge in [0.15, 0.2) is 0 Å². The van der Waals surface area contributed by atoms with E-state index in [4.69, 9.17) is 5.73 Å². The molecule has 2 rings (SSSR count). The maximum atomic E-state index is 12.1. The Bertz CT molecular complexity index is 447. The second-order valence-electron chi connectivity index (χ2n) is 6.25. The summed E-state index contributed by atoms with van der Waals surface area (Å²) in [5, 5.41) is 3.07. The van der Waals surface area contributed by atoms with Crippen molar-refractivity contribution in [2.75, 3.05) is 20.6 Å². The SMILES string of the molecule is CN(C)C(CNC(=O)C[C@@H]1CCC[C@H]1N)c1ccccc1. The van der Waals surface area contributed by atoms with Gasteiger partial charge in [-0.15, -0.1) is 0 Å². The summed E-state index contributed by atoms with van der Waals surface area (Å²) in [5.41, 5.74) is 7.26. The van der Waals surface area contributed by atoms with E-state index in [-0.39, 0.29) is 18.0 Å². The van der Waals surface area contributed by atoms with Crippen molar-refractivity contribution in [3.63, 3.8) is 0 Å². The first kappa shape index (κ1) is 16.0. The third kappa shape index (κ3) is 4.55. The number of rotatable bonds is 6. The van der Waals surface area contributed by atoms with Crippen LogP contribution in [0.5, 0.6) is 0 Å². The van der Waals surface area contributed by atoms with Gasteiger partial charge in [-0.1, -0.05) is 36.8 Å². The second-order valence-corrected chi connectivity index (χ2v) is 6.25. The van der Waals surface area contributed by atoms with Gasteiger partial charge in [0.05, 0.1) is 6.04 Å². The lowest BCUT2D eigenvalue weighted by molar-refractivity contribution is -0.122. The van der Waals surface area contributed by atoms with Crippen molar-refractivity contribution in [1.29, 1.82) is 0 Å². The number of nitrogens with one attached hydrogen (secondary N) is 1. The van der Waals surface area contributed by atoms with Crippen LogP contribution in [0.25, 0.3) is 0 Å². The molecule has 0 aromatic heterocycles. The summed E-state index contributed by atoms with van der Waals surface area (Å²) in [6.07, 6.45) is 3.87. The predicted molar refractivity (Wildman–Crippen MR) is 85.8 cm³/mol. The van der Waals surface area contributed by atoms with Crippen molar-refractivity contribution in [2.45, 2.75) is 37.8 Å². The molecule has 1 aromatic carbocycles. The van der Waals surface area contributed by atoms with Gasteiger partial charge in [-0.3, -0.25) is 4.79 Å². The van der Waals surface area contributed by atoms with Crippen LogP contribution in [-0.4, -0.2) is 37.5 Å². The minimum absolute atomic E-state index is 0.125. The molecule has 0 radical (unpaired) electrons. The molecule has 3 N–H and O–H groups in total. The first-order valence-electron chi connectivity index (χ1n) is 7.81. The van der Waals surface area contributed by atoms with Crippen molar-refractivity contribution < 1.29 is 4.79 Å². The van der Waals surface area contributed by atoms with Crippen molar-refractivity contribution in [3.8, 4) is 0 Å². The third-order valence-electron chi connectivity index (χ3n) is 4.47. The topological polar surface area (TPSA) is 58.4 Å². The van der Waals surface area contributed by atoms with Crippen LogP contribution in [-0.2, 0) is 4.79 Å². The molecule has 1 saturated carbocycles. The van der Waals surface area contributed by atoms with E-state index >= 15 is 0 Å². The monoisotopic (exact) mass is 289 g/mol. The molecule has 3 atom stereocenters. The molecule has 0 saturated heterocycles. The number of nitrogens with two attached hydrogens (primary N) is 1. The summed E-state index contributed by atoms with van der Waals surface area (Å²) in [6, 6.07) is 10.7. The molecule has 1 amide bonds. The Labute approximate surface area is 127 Å². The van der Waals surface area contributed by atoms with Crippen LogP contribution in [0, 0.1) is 5.92 Å². The first-order chi connectivity index (χ1) is 10.1. The molecule has 4 heteroatoms. The van der Waals surface area contributed by atoms with Gasteiger partial charge in [-0.25, -0.2) is 0 Å². The Morgan fingerprint density at radius 1 is 1.33 bits per heavy atom. The van der Waals surface area contributed by atoms with Gasteiger partial charge in [0.1, 0.15) is 0 Å². The maximum absolute atomic E-state index is 12.1. The summed E-state index contributed by atoms with van der Waals surface area (Å²) in [4.78, 5) is 14.3. The Morgan fingerprint density at radius 2 is 2.05 bits per heavy atom. The van der Waals surface area contributed by atoms with Crippen LogP contribution in [0.4, 0.5) is 0 Å². The Hall–Kier alpha value is -1.39. The standard InChI is InChI=1S/C17H27N3O/c1-20(2)16(13-7-4-3-5-8-13)12-19-17(21)11-14-9-6-10-15(14)18/h3-5,7-8,14-16H,6,9-12,18H2,1-2H3,(H,19,21)/t14-,15+,16?/m0/s1. The van der Waals surface area contributed by atoms with Gasteiger partial charge < -0.3 is 16.0 Å². The average Bonchev–Trinajstić information content (AvgIpc) is 2.85. The number of carbonyl (C=O) groups is 1. The van der Waals surface area contributed by atoms with E-state index in [2.05, 4.69) is 22.3 Å². The number of hydrogen-bond donors (Lipinski definition) is 2. The Balaban J connectivity index is 1.86. The minimum atomic E-state index is 0.125. The highest BCUT2D eigenvalue weighted by Crippen LogP contribution is 2.26. The fraction of sp³-hybridized carbons (Fsp3) is 0.588. The largest absolute Gasteiger partial charge is 0.354 e. The fourth-order valence-electron chi connectivity index (χ4n) is 3.11. The lowest BCUT2D eigenvalue weighted by Gasteiger charge is -2.25. The molecule has 0 heterocycles. The quantitative estimate of drug-likeness (QED) is 0.841. The summed E-state index contributed by atoms with van der Waals surface area (Å²) < 4.78 is 0. The summed E-state index contributed by atoms with van der Waals surface area (Å²) in [6.45, 7) is 0.637. The normalized spacial score (nSPS) is 23.2. The van der Waals surface area contributed by atoms with Gasteiger partial charge in [-0.2, -0.15) is 0 Å². The predicted octanol–water partition coefficient (Wildman–Crippen LogP) is 1.92. The Morgan fingerprint density at radius 3 is 2.62 bits per heavy atom. The van der Waals surface area contributed by atoms with E-state index in [9.17, 15) is 4.79 Å². The molecule has 116 valence electrons. The second kappa shape index (κ2) is 7.57. The fourth-order valence-corrected chi connectivity index (χ4v) is 3.11. The Kier molecular flexibility index (Phi) is 5.76. The van der Waals surface area contributed by atoms with Gasteiger partial charge in [-0.05, 0) is 38.4 Å². The van der Waals surface area contributed by atoms with Gasteiger partial charge in [0.2, 0.25) is 5.91 Å². The summed E-state index contributed by atoms with van der Waals surface area (Å²) >= 11 is 0. The molecule has 0 spiro atoms. The van der Waals surface area contributed by atoms with Crippen LogP contribution in [0.3, 0.4) is 0 Å². The van der Waals surface area contributed by atoms with Crippen molar-refractivity contribution in [2.24, 2.45) is 11.7 Å². The molecule has 4 nitrogen and oxygen atoms in total. The lowest BCUT2D eigenvalue weighted by atomic mass is 9.99. The van der Waals surface area contributed by atoms with E-state index in [0.717, 1.165) is 19.3 Å². The number of nitrogens with zero attached hydrogens (tertiary/aromatic N) is 1. The molecule has 1 aliphatic carbocycles. The highest BCUT2D eigenvalue weighted by atomic mass is 16.1. The molecular formula is C17H27N3O. The highest BCUT2D eigenvalue weighted by Gasteiger charge is 2.26. The number of carbonyl (C=O) groups excluding carboxylic acids is 1. The number of likely N-dealkylation sites (N-methyl/N-ethyl adjacent to an activating group) is 1. The summed E-state index contributed by atoms with van der Waals surface area (Å²) in [7, 11) is 4.08. The summed E-state index contributed by atoms with van der Waals surface area (Å²) in [5.74, 6) is 0.486. The molecule has 1 unspecified atom stereocenters. The zero-order valence-corrected chi connectivity index (χ0v) is 13.1. The molecule has 1 aliphatic rings. The zero-order valence-electron chi connectivity index (χ0n) is 13.1. The lowest BCUT2D eigenvalue weighted by Crippen LogP contribution is -2.36. The van der Waals surface area contributed by atoms with Gasteiger partial charge >= 0.3 is 0 Å². The van der Waals surface area contributed by atoms with Crippen LogP contribution in [0.1, 0.15) is 37.3 Å². The van der Waals surface area contributed by atoms with Crippen LogP contribution in [0.2, 0.25) is 0 Å². The van der Waals surface area contributed by atoms with E-state index < -0.39 is 0 Å². The van der Waals surface area contributed by atoms with Crippen LogP contribution < -0.4 is 11.1 Å². The maximum Gasteiger partial charge on any atom is 0.220 e. The zero-order chi connectivity index (χ0) is 15.2. The number of hydrogen-bond acceptors (Lipinski definition) is 3. The molecule has 0 bridgehead atoms. The average molecular weight is 289 g/mol. The molecule has 21 heavy (non-hydrogen) atoms. The number of amides is 1. The third-order valence-corrected chi connectivity index (χ3v) is 4.47. The van der Waals surface area contributed by atoms with Crippen LogP contribution in [0.15, 0.2) is 30.3 Å². The van der Waals surface area contributed by atoms with E-state index in [1.54, 1.807) is 0 Å². The highest BCUT2D eigenvalue weighted by molar-refractivity contribution is 5.76. The smallest absolute Gasteiger partial charge is 0.220 e. The van der Waals surface area contributed by atoms with E-state index in [1.807, 2.05) is 32.3 Å². The van der Waals surface area contributed by atoms with Crippen molar-refractivity contribution in [3.05, 3.63) is 35.9 Å². The van der Waals surface area contributed by atoms with Gasteiger partial charge in [0, 0.05) is 19.0 Å². The molecule has 1 fully saturated rings. The van der Waals surface area contributed by atoms with Crippen molar-refractivity contribution in [1.82, 2.24) is 10.2 Å². The molecule has 1 aromatic rings. The number of benzene rings is 1.